The number of nitrogens with zero attached hydrogens (tertiary/aromatic N) is 1. The third-order valence-electron chi connectivity index (χ3n) is 4.00. The van der Waals surface area contributed by atoms with Crippen LogP contribution >= 0.6 is 0 Å². The lowest BCUT2D eigenvalue weighted by molar-refractivity contribution is 0.133. The van der Waals surface area contributed by atoms with Gasteiger partial charge in [-0.2, -0.15) is 0 Å². The van der Waals surface area contributed by atoms with Crippen LogP contribution in [-0.2, 0) is 0 Å². The first-order chi connectivity index (χ1) is 9.89. The number of ether oxygens (including phenoxy) is 1. The highest BCUT2D eigenvalue weighted by atomic mass is 16.5. The standard InChI is InChI=1S/C18H23NO2/c1-18(2,3)21-17-11-10-16(19(20)12-6-7-13-19)14-8-4-5-9-15(14)17/h4-5,8-11H,6-7,12-13H2,1-3H3. The fraction of sp³-hybridized carbons (Fsp3) is 0.444. The van der Waals surface area contributed by atoms with E-state index in [1.165, 1.54) is 0 Å². The summed E-state index contributed by atoms with van der Waals surface area (Å²) in [5, 5.41) is 15.1. The zero-order chi connectivity index (χ0) is 15.1. The Morgan fingerprint density at radius 3 is 2.19 bits per heavy atom. The summed E-state index contributed by atoms with van der Waals surface area (Å²) in [7, 11) is 0. The molecule has 0 bridgehead atoms. The van der Waals surface area contributed by atoms with Crippen LogP contribution in [0.3, 0.4) is 0 Å². The molecule has 0 atom stereocenters. The van der Waals surface area contributed by atoms with Crippen LogP contribution in [0.25, 0.3) is 10.8 Å². The van der Waals surface area contributed by atoms with Crippen molar-refractivity contribution in [2.24, 2.45) is 0 Å². The molecular formula is C18H23NO2. The minimum atomic E-state index is -0.248. The molecule has 3 nitrogen and oxygen atoms in total. The molecule has 0 aromatic heterocycles. The van der Waals surface area contributed by atoms with E-state index in [4.69, 9.17) is 4.74 Å². The molecular weight excluding hydrogens is 262 g/mol. The summed E-state index contributed by atoms with van der Waals surface area (Å²) >= 11 is 0. The smallest absolute Gasteiger partial charge is 0.141 e. The van der Waals surface area contributed by atoms with Gasteiger partial charge in [0.1, 0.15) is 17.0 Å². The van der Waals surface area contributed by atoms with Gasteiger partial charge in [0.25, 0.3) is 0 Å². The maximum absolute atomic E-state index is 13.0. The molecule has 0 spiro atoms. The van der Waals surface area contributed by atoms with E-state index in [-0.39, 0.29) is 10.2 Å². The molecule has 0 aliphatic carbocycles. The third kappa shape index (κ3) is 2.76. The Labute approximate surface area is 126 Å². The molecule has 3 rings (SSSR count). The monoisotopic (exact) mass is 285 g/mol. The van der Waals surface area contributed by atoms with Crippen LogP contribution in [0.15, 0.2) is 36.4 Å². The number of hydrogen-bond donors (Lipinski definition) is 0. The van der Waals surface area contributed by atoms with E-state index in [0.29, 0.717) is 13.1 Å². The van der Waals surface area contributed by atoms with Gasteiger partial charge in [0.2, 0.25) is 0 Å². The van der Waals surface area contributed by atoms with Crippen molar-refractivity contribution in [3.8, 4) is 5.75 Å². The van der Waals surface area contributed by atoms with Crippen LogP contribution in [-0.4, -0.2) is 18.7 Å². The molecule has 112 valence electrons. The van der Waals surface area contributed by atoms with Crippen molar-refractivity contribution in [2.45, 2.75) is 39.2 Å². The van der Waals surface area contributed by atoms with Gasteiger partial charge >= 0.3 is 0 Å². The van der Waals surface area contributed by atoms with Gasteiger partial charge in [-0.3, -0.25) is 0 Å². The Balaban J connectivity index is 2.15. The van der Waals surface area contributed by atoms with Crippen LogP contribution in [0.4, 0.5) is 5.69 Å². The fourth-order valence-electron chi connectivity index (χ4n) is 3.12. The predicted molar refractivity (Wildman–Crippen MR) is 88.5 cm³/mol. The number of hydrogen-bond acceptors (Lipinski definition) is 2. The van der Waals surface area contributed by atoms with Crippen molar-refractivity contribution >= 4 is 16.5 Å². The van der Waals surface area contributed by atoms with Crippen LogP contribution in [0.1, 0.15) is 33.6 Å². The number of rotatable bonds is 2. The summed E-state index contributed by atoms with van der Waals surface area (Å²) in [6.07, 6.45) is 2.02. The predicted octanol–water partition coefficient (Wildman–Crippen LogP) is 4.62. The summed E-state index contributed by atoms with van der Waals surface area (Å²) in [5.74, 6) is 0.854. The van der Waals surface area contributed by atoms with Crippen molar-refractivity contribution in [1.82, 2.24) is 4.65 Å². The van der Waals surface area contributed by atoms with Crippen LogP contribution in [0, 0.1) is 5.21 Å². The van der Waals surface area contributed by atoms with Crippen molar-refractivity contribution in [3.63, 3.8) is 0 Å². The second-order valence-electron chi connectivity index (χ2n) is 6.89. The molecule has 0 amide bonds. The Hall–Kier alpha value is -1.58. The summed E-state index contributed by atoms with van der Waals surface area (Å²) < 4.78 is 5.86. The van der Waals surface area contributed by atoms with E-state index < -0.39 is 0 Å². The van der Waals surface area contributed by atoms with E-state index in [1.54, 1.807) is 0 Å². The third-order valence-corrected chi connectivity index (χ3v) is 4.00. The zero-order valence-electron chi connectivity index (χ0n) is 13.1. The molecule has 1 aliphatic rings. The first-order valence-electron chi connectivity index (χ1n) is 7.68. The molecule has 1 heterocycles. The van der Waals surface area contributed by atoms with E-state index in [2.05, 4.69) is 0 Å². The Kier molecular flexibility index (Phi) is 3.42. The van der Waals surface area contributed by atoms with Gasteiger partial charge in [-0.1, -0.05) is 18.2 Å². The highest BCUT2D eigenvalue weighted by Gasteiger charge is 2.28. The molecule has 1 saturated heterocycles. The molecule has 0 unspecified atom stereocenters. The average molecular weight is 285 g/mol. The minimum absolute atomic E-state index is 0.198. The van der Waals surface area contributed by atoms with E-state index in [1.807, 2.05) is 57.2 Å². The summed E-state index contributed by atoms with van der Waals surface area (Å²) in [4.78, 5) is 0. The van der Waals surface area contributed by atoms with Gasteiger partial charge in [0, 0.05) is 29.7 Å². The Bertz CT molecular complexity index is 652. The maximum atomic E-state index is 13.0. The summed E-state index contributed by atoms with van der Waals surface area (Å²) in [6.45, 7) is 7.49. The van der Waals surface area contributed by atoms with Gasteiger partial charge < -0.3 is 14.6 Å². The molecule has 0 radical (unpaired) electrons. The number of fused-ring (bicyclic) bond motifs is 1. The molecule has 2 aromatic rings. The second kappa shape index (κ2) is 5.00. The highest BCUT2D eigenvalue weighted by molar-refractivity contribution is 5.97. The molecule has 21 heavy (non-hydrogen) atoms. The average Bonchev–Trinajstić information content (AvgIpc) is 2.85. The van der Waals surface area contributed by atoms with E-state index >= 15 is 0 Å². The van der Waals surface area contributed by atoms with E-state index in [0.717, 1.165) is 35.1 Å². The number of benzene rings is 2. The van der Waals surface area contributed by atoms with Crippen LogP contribution in [0.2, 0.25) is 0 Å². The fourth-order valence-corrected chi connectivity index (χ4v) is 3.12. The van der Waals surface area contributed by atoms with Gasteiger partial charge in [-0.05, 0) is 32.9 Å². The van der Waals surface area contributed by atoms with Gasteiger partial charge in [0.15, 0.2) is 0 Å². The second-order valence-corrected chi connectivity index (χ2v) is 6.89. The zero-order valence-corrected chi connectivity index (χ0v) is 13.1. The van der Waals surface area contributed by atoms with Crippen molar-refractivity contribution in [2.75, 3.05) is 13.1 Å². The lowest BCUT2D eigenvalue weighted by Gasteiger charge is -2.38. The van der Waals surface area contributed by atoms with Crippen molar-refractivity contribution in [3.05, 3.63) is 41.6 Å². The van der Waals surface area contributed by atoms with Crippen molar-refractivity contribution < 1.29 is 4.74 Å². The minimum Gasteiger partial charge on any atom is -0.627 e. The molecule has 3 heteroatoms. The number of hydroxylamine groups is 2. The molecule has 0 N–H and O–H groups in total. The SMILES string of the molecule is CC(C)(C)Oc1ccc([N+]2([O-])CCCC2)c2ccccc12. The maximum Gasteiger partial charge on any atom is 0.141 e. The van der Waals surface area contributed by atoms with E-state index in [9.17, 15) is 5.21 Å². The lowest BCUT2D eigenvalue weighted by Crippen LogP contribution is -2.39. The largest absolute Gasteiger partial charge is 0.627 e. The van der Waals surface area contributed by atoms with Crippen molar-refractivity contribution in [1.29, 1.82) is 0 Å². The normalized spacial score (nSPS) is 18.1. The molecule has 2 aromatic carbocycles. The molecule has 1 aliphatic heterocycles. The Morgan fingerprint density at radius 2 is 1.57 bits per heavy atom. The highest BCUT2D eigenvalue weighted by Crippen LogP contribution is 2.39. The topological polar surface area (TPSA) is 32.3 Å². The quantitative estimate of drug-likeness (QED) is 0.596. The summed E-state index contributed by atoms with van der Waals surface area (Å²) in [6, 6.07) is 12.0. The first-order valence-corrected chi connectivity index (χ1v) is 7.68. The summed E-state index contributed by atoms with van der Waals surface area (Å²) in [5.41, 5.74) is 0.631. The van der Waals surface area contributed by atoms with Crippen LogP contribution in [0.5, 0.6) is 5.75 Å². The van der Waals surface area contributed by atoms with Gasteiger partial charge in [-0.25, -0.2) is 0 Å². The first kappa shape index (κ1) is 14.4. The lowest BCUT2D eigenvalue weighted by atomic mass is 10.1. The van der Waals surface area contributed by atoms with Gasteiger partial charge in [0.05, 0.1) is 13.1 Å². The van der Waals surface area contributed by atoms with Gasteiger partial charge in [-0.15, -0.1) is 0 Å². The molecule has 1 fully saturated rings. The number of quaternary nitrogens is 1. The molecule has 0 saturated carbocycles. The van der Waals surface area contributed by atoms with Crippen LogP contribution < -0.4 is 9.38 Å². The Morgan fingerprint density at radius 1 is 0.952 bits per heavy atom.